The fourth-order valence-electron chi connectivity index (χ4n) is 0.511. The van der Waals surface area contributed by atoms with Crippen molar-refractivity contribution in [3.63, 3.8) is 0 Å². The van der Waals surface area contributed by atoms with Gasteiger partial charge >= 0.3 is 5.97 Å². The van der Waals surface area contributed by atoms with E-state index in [2.05, 4.69) is 4.99 Å². The lowest BCUT2D eigenvalue weighted by atomic mass is 10.3. The lowest BCUT2D eigenvalue weighted by molar-refractivity contribution is -0.132. The van der Waals surface area contributed by atoms with Crippen LogP contribution in [0.2, 0.25) is 0 Å². The lowest BCUT2D eigenvalue weighted by Crippen LogP contribution is -1.97. The van der Waals surface area contributed by atoms with E-state index in [0.29, 0.717) is 6.42 Å². The van der Waals surface area contributed by atoms with Crippen LogP contribution in [0.1, 0.15) is 19.8 Å². The molecule has 0 rings (SSSR count). The van der Waals surface area contributed by atoms with Gasteiger partial charge in [0.2, 0.25) is 6.08 Å². The van der Waals surface area contributed by atoms with Crippen molar-refractivity contribution in [2.75, 3.05) is 0 Å². The second-order valence-electron chi connectivity index (χ2n) is 1.89. The minimum absolute atomic E-state index is 0.234. The fourth-order valence-corrected chi connectivity index (χ4v) is 0.511. The number of nitrogens with zero attached hydrogens (tertiary/aromatic N) is 1. The van der Waals surface area contributed by atoms with Gasteiger partial charge in [0, 0.05) is 0 Å². The van der Waals surface area contributed by atoms with Gasteiger partial charge in [-0.1, -0.05) is 19.4 Å². The molecule has 1 N–H and O–H groups in total. The Bertz CT molecular complexity index is 210. The molecular formula is C7H9NO3. The number of rotatable bonds is 4. The number of allylic oxidation sites excluding steroid dienone is 1. The number of hydrogen-bond acceptors (Lipinski definition) is 3. The highest BCUT2D eigenvalue weighted by molar-refractivity contribution is 5.87. The summed E-state index contributed by atoms with van der Waals surface area (Å²) in [6, 6.07) is 0. The van der Waals surface area contributed by atoms with E-state index in [1.807, 2.05) is 6.92 Å². The molecule has 0 fully saturated rings. The van der Waals surface area contributed by atoms with Crippen molar-refractivity contribution < 1.29 is 14.7 Å². The lowest BCUT2D eigenvalue weighted by Gasteiger charge is -1.89. The van der Waals surface area contributed by atoms with Crippen LogP contribution in [0, 0.1) is 0 Å². The van der Waals surface area contributed by atoms with Gasteiger partial charge < -0.3 is 5.11 Å². The molecule has 0 unspecified atom stereocenters. The van der Waals surface area contributed by atoms with Crippen molar-refractivity contribution in [1.82, 2.24) is 0 Å². The molecule has 0 aromatic heterocycles. The number of carbonyl (C=O) groups is 1. The molecule has 0 saturated heterocycles. The Morgan fingerprint density at radius 3 is 2.73 bits per heavy atom. The molecule has 0 aliphatic rings. The molecule has 0 heterocycles. The largest absolute Gasteiger partial charge is 0.476 e. The van der Waals surface area contributed by atoms with Crippen molar-refractivity contribution in [2.24, 2.45) is 4.99 Å². The molecule has 0 amide bonds. The highest BCUT2D eigenvalue weighted by Crippen LogP contribution is 1.99. The molecule has 0 aliphatic carbocycles. The zero-order valence-electron chi connectivity index (χ0n) is 6.20. The smallest absolute Gasteiger partial charge is 0.355 e. The molecule has 0 aromatic rings. The van der Waals surface area contributed by atoms with Gasteiger partial charge in [-0.2, -0.15) is 4.99 Å². The van der Waals surface area contributed by atoms with Crippen molar-refractivity contribution in [3.05, 3.63) is 11.8 Å². The highest BCUT2D eigenvalue weighted by Gasteiger charge is 2.02. The Morgan fingerprint density at radius 2 is 2.36 bits per heavy atom. The predicted octanol–water partition coefficient (Wildman–Crippen LogP) is 1.09. The van der Waals surface area contributed by atoms with Gasteiger partial charge in [-0.15, -0.1) is 0 Å². The average molecular weight is 155 g/mol. The molecule has 0 aromatic carbocycles. The van der Waals surface area contributed by atoms with E-state index in [9.17, 15) is 9.59 Å². The minimum Gasteiger partial charge on any atom is -0.476 e. The van der Waals surface area contributed by atoms with Crippen LogP contribution >= 0.6 is 0 Å². The first kappa shape index (κ1) is 9.59. The SMILES string of the molecule is CCC/C=C(/N=C=O)C(=O)O. The number of isocyanates is 1. The van der Waals surface area contributed by atoms with E-state index >= 15 is 0 Å². The zero-order valence-corrected chi connectivity index (χ0v) is 6.20. The van der Waals surface area contributed by atoms with Crippen molar-refractivity contribution >= 4 is 12.0 Å². The number of hydrogen-bond donors (Lipinski definition) is 1. The summed E-state index contributed by atoms with van der Waals surface area (Å²) in [6.45, 7) is 1.90. The molecule has 0 bridgehead atoms. The topological polar surface area (TPSA) is 66.7 Å². The molecule has 0 aliphatic heterocycles. The van der Waals surface area contributed by atoms with E-state index in [0.717, 1.165) is 6.42 Å². The summed E-state index contributed by atoms with van der Waals surface area (Å²) < 4.78 is 0. The third kappa shape index (κ3) is 4.06. The fraction of sp³-hybridized carbons (Fsp3) is 0.429. The van der Waals surface area contributed by atoms with Gasteiger partial charge in [-0.3, -0.25) is 0 Å². The molecule has 0 saturated carbocycles. The Kier molecular flexibility index (Phi) is 4.69. The normalized spacial score (nSPS) is 10.5. The molecule has 11 heavy (non-hydrogen) atoms. The quantitative estimate of drug-likeness (QED) is 0.375. The van der Waals surface area contributed by atoms with Gasteiger partial charge in [-0.25, -0.2) is 9.59 Å². The first-order valence-corrected chi connectivity index (χ1v) is 3.23. The number of aliphatic carboxylic acids is 1. The summed E-state index contributed by atoms with van der Waals surface area (Å²) in [5.41, 5.74) is -0.234. The van der Waals surface area contributed by atoms with Gasteiger partial charge in [0.25, 0.3) is 0 Å². The number of unbranched alkanes of at least 4 members (excludes halogenated alkanes) is 1. The van der Waals surface area contributed by atoms with E-state index in [1.54, 1.807) is 0 Å². The van der Waals surface area contributed by atoms with Crippen molar-refractivity contribution in [2.45, 2.75) is 19.8 Å². The maximum atomic E-state index is 10.3. The first-order chi connectivity index (χ1) is 5.22. The standard InChI is InChI=1S/C7H9NO3/c1-2-3-4-6(7(10)11)8-5-9/h4H,2-3H2,1H3,(H,10,11)/b6-4+. The van der Waals surface area contributed by atoms with Crippen LogP contribution in [-0.2, 0) is 9.59 Å². The Balaban J connectivity index is 4.32. The summed E-state index contributed by atoms with van der Waals surface area (Å²) >= 11 is 0. The van der Waals surface area contributed by atoms with Gasteiger partial charge in [0.05, 0.1) is 0 Å². The zero-order chi connectivity index (χ0) is 8.69. The number of carboxylic acid groups (broad SMARTS) is 1. The number of carboxylic acids is 1. The molecule has 0 atom stereocenters. The second-order valence-corrected chi connectivity index (χ2v) is 1.89. The van der Waals surface area contributed by atoms with Crippen LogP contribution in [0.3, 0.4) is 0 Å². The Labute approximate surface area is 64.3 Å². The second kappa shape index (κ2) is 5.38. The predicted molar refractivity (Wildman–Crippen MR) is 38.7 cm³/mol. The number of aliphatic imine (C=N–C) groups is 1. The van der Waals surface area contributed by atoms with Crippen LogP contribution in [0.5, 0.6) is 0 Å². The molecule has 0 spiro atoms. The van der Waals surface area contributed by atoms with E-state index in [-0.39, 0.29) is 5.70 Å². The summed E-state index contributed by atoms with van der Waals surface area (Å²) in [7, 11) is 0. The molecule has 4 nitrogen and oxygen atoms in total. The summed E-state index contributed by atoms with van der Waals surface area (Å²) in [5, 5.41) is 8.39. The van der Waals surface area contributed by atoms with Crippen LogP contribution in [0.4, 0.5) is 0 Å². The maximum absolute atomic E-state index is 10.3. The van der Waals surface area contributed by atoms with E-state index in [4.69, 9.17) is 5.11 Å². The van der Waals surface area contributed by atoms with Gasteiger partial charge in [-0.05, 0) is 6.42 Å². The van der Waals surface area contributed by atoms with Crippen molar-refractivity contribution in [3.8, 4) is 0 Å². The van der Waals surface area contributed by atoms with Gasteiger partial charge in [0.15, 0.2) is 5.70 Å². The van der Waals surface area contributed by atoms with Crippen LogP contribution in [0.25, 0.3) is 0 Å². The van der Waals surface area contributed by atoms with Crippen LogP contribution in [0.15, 0.2) is 16.8 Å². The Morgan fingerprint density at radius 1 is 1.73 bits per heavy atom. The van der Waals surface area contributed by atoms with Crippen LogP contribution in [-0.4, -0.2) is 17.2 Å². The Hall–Kier alpha value is -1.41. The molecule has 60 valence electrons. The summed E-state index contributed by atoms with van der Waals surface area (Å²) in [6.07, 6.45) is 4.01. The average Bonchev–Trinajstić information content (AvgIpc) is 1.97. The van der Waals surface area contributed by atoms with E-state index < -0.39 is 5.97 Å². The first-order valence-electron chi connectivity index (χ1n) is 3.23. The maximum Gasteiger partial charge on any atom is 0.355 e. The summed E-state index contributed by atoms with van der Waals surface area (Å²) in [5.74, 6) is -1.19. The molecular weight excluding hydrogens is 146 g/mol. The number of carbonyl (C=O) groups excluding carboxylic acids is 1. The van der Waals surface area contributed by atoms with Crippen LogP contribution < -0.4 is 0 Å². The van der Waals surface area contributed by atoms with Gasteiger partial charge in [0.1, 0.15) is 0 Å². The third-order valence-electron chi connectivity index (χ3n) is 1.01. The molecule has 4 heteroatoms. The monoisotopic (exact) mass is 155 g/mol. The minimum atomic E-state index is -1.19. The summed E-state index contributed by atoms with van der Waals surface area (Å²) in [4.78, 5) is 23.0. The highest BCUT2D eigenvalue weighted by atomic mass is 16.4. The molecule has 0 radical (unpaired) electrons. The third-order valence-corrected chi connectivity index (χ3v) is 1.01. The van der Waals surface area contributed by atoms with E-state index in [1.165, 1.54) is 12.2 Å². The van der Waals surface area contributed by atoms with Crippen molar-refractivity contribution in [1.29, 1.82) is 0 Å².